The number of carboxylic acid groups (broad SMARTS) is 2. The van der Waals surface area contributed by atoms with Crippen molar-refractivity contribution in [2.75, 3.05) is 51.1 Å². The smallest absolute Gasteiger partial charge is 0.323 e. The maximum atomic E-state index is 14.4. The van der Waals surface area contributed by atoms with Crippen molar-refractivity contribution >= 4 is 59.4 Å². The standard InChI is InChI=1S/C31H35N3O5SSi/c1-32(2)20-11-12-24-25(14-20)41(5,6)26-15-21(33(3)4)13-22(30(39)34(16-27(35)36)17-28(37)38)29(26)31(24)23-10-8-7-9-19(23)18-40-31/h7-15H,16-18H2,1-6H3,(H,35,36)(H,37,38). The van der Waals surface area contributed by atoms with Gasteiger partial charge in [0.15, 0.2) is 0 Å². The van der Waals surface area contributed by atoms with Gasteiger partial charge >= 0.3 is 11.9 Å². The fourth-order valence-electron chi connectivity index (χ4n) is 6.22. The predicted molar refractivity (Wildman–Crippen MR) is 167 cm³/mol. The SMILES string of the molecule is CN(C)c1ccc2c(c1)[Si](C)(C)c1cc(N(C)C)cc(C(=O)N(CC(=O)O)CC(=O)O)c1C21SCc2ccccc21. The Hall–Kier alpha value is -3.76. The van der Waals surface area contributed by atoms with Gasteiger partial charge in [0, 0.05) is 50.9 Å². The summed E-state index contributed by atoms with van der Waals surface area (Å²) in [6.07, 6.45) is 0. The number of hydrogen-bond acceptors (Lipinski definition) is 6. The summed E-state index contributed by atoms with van der Waals surface area (Å²) >= 11 is 1.77. The lowest BCUT2D eigenvalue weighted by Gasteiger charge is -2.46. The zero-order chi connectivity index (χ0) is 29.9. The Balaban J connectivity index is 1.91. The molecule has 10 heteroatoms. The van der Waals surface area contributed by atoms with Gasteiger partial charge in [0.05, 0.1) is 4.75 Å². The second-order valence-electron chi connectivity index (χ2n) is 11.6. The van der Waals surface area contributed by atoms with Crippen LogP contribution in [0.3, 0.4) is 0 Å². The number of anilines is 2. The molecule has 2 aliphatic rings. The molecule has 2 aliphatic heterocycles. The van der Waals surface area contributed by atoms with Crippen LogP contribution in [0.25, 0.3) is 0 Å². The quantitative estimate of drug-likeness (QED) is 0.406. The van der Waals surface area contributed by atoms with E-state index in [1.54, 1.807) is 11.8 Å². The largest absolute Gasteiger partial charge is 0.480 e. The van der Waals surface area contributed by atoms with E-state index in [1.807, 2.05) is 51.3 Å². The maximum Gasteiger partial charge on any atom is 0.323 e. The molecule has 214 valence electrons. The monoisotopic (exact) mass is 589 g/mol. The zero-order valence-electron chi connectivity index (χ0n) is 24.2. The van der Waals surface area contributed by atoms with E-state index >= 15 is 0 Å². The normalized spacial score (nSPS) is 17.8. The van der Waals surface area contributed by atoms with Crippen molar-refractivity contribution in [3.05, 3.63) is 82.4 Å². The van der Waals surface area contributed by atoms with E-state index in [0.717, 1.165) is 43.9 Å². The Morgan fingerprint density at radius 3 is 2.05 bits per heavy atom. The van der Waals surface area contributed by atoms with Gasteiger partial charge in [0.2, 0.25) is 0 Å². The van der Waals surface area contributed by atoms with Crippen LogP contribution in [0.1, 0.15) is 32.6 Å². The average Bonchev–Trinajstić information content (AvgIpc) is 3.30. The Morgan fingerprint density at radius 2 is 1.44 bits per heavy atom. The number of rotatable bonds is 7. The summed E-state index contributed by atoms with van der Waals surface area (Å²) in [6.45, 7) is 3.18. The maximum absolute atomic E-state index is 14.4. The molecule has 0 saturated carbocycles. The highest BCUT2D eigenvalue weighted by Gasteiger charge is 2.54. The number of nitrogens with zero attached hydrogens (tertiary/aromatic N) is 3. The number of hydrogen-bond donors (Lipinski definition) is 2. The molecule has 0 bridgehead atoms. The Kier molecular flexibility index (Phi) is 7.19. The number of fused-ring (bicyclic) bond motifs is 6. The molecule has 1 unspecified atom stereocenters. The van der Waals surface area contributed by atoms with Crippen molar-refractivity contribution in [2.24, 2.45) is 0 Å². The van der Waals surface area contributed by atoms with Crippen molar-refractivity contribution in [1.82, 2.24) is 4.90 Å². The van der Waals surface area contributed by atoms with Crippen LogP contribution in [0.5, 0.6) is 0 Å². The van der Waals surface area contributed by atoms with Crippen LogP contribution in [0.4, 0.5) is 11.4 Å². The molecular formula is C31H35N3O5SSi. The number of carbonyl (C=O) groups is 3. The third kappa shape index (κ3) is 4.59. The molecule has 0 radical (unpaired) electrons. The van der Waals surface area contributed by atoms with Crippen molar-refractivity contribution < 1.29 is 24.6 Å². The van der Waals surface area contributed by atoms with Gasteiger partial charge in [-0.15, -0.1) is 11.8 Å². The molecule has 0 aliphatic carbocycles. The molecule has 0 aromatic heterocycles. The lowest BCUT2D eigenvalue weighted by atomic mass is 9.79. The Labute approximate surface area is 245 Å². The molecule has 0 fully saturated rings. The van der Waals surface area contributed by atoms with E-state index < -0.39 is 43.8 Å². The third-order valence-electron chi connectivity index (χ3n) is 8.25. The number of aliphatic carboxylic acids is 2. The molecule has 3 aromatic rings. The second kappa shape index (κ2) is 10.3. The van der Waals surface area contributed by atoms with Crippen molar-refractivity contribution in [2.45, 2.75) is 23.6 Å². The zero-order valence-corrected chi connectivity index (χ0v) is 26.0. The molecule has 41 heavy (non-hydrogen) atoms. The average molecular weight is 590 g/mol. The van der Waals surface area contributed by atoms with Gasteiger partial charge in [-0.3, -0.25) is 14.4 Å². The summed E-state index contributed by atoms with van der Waals surface area (Å²) in [5.74, 6) is -2.35. The predicted octanol–water partition coefficient (Wildman–Crippen LogP) is 3.10. The molecular weight excluding hydrogens is 555 g/mol. The van der Waals surface area contributed by atoms with E-state index in [1.165, 1.54) is 10.8 Å². The minimum Gasteiger partial charge on any atom is -0.480 e. The third-order valence-corrected chi connectivity index (χ3v) is 13.3. The van der Waals surface area contributed by atoms with Gasteiger partial charge in [-0.05, 0) is 56.9 Å². The highest BCUT2D eigenvalue weighted by Crippen LogP contribution is 2.58. The number of thioether (sulfide) groups is 1. The highest BCUT2D eigenvalue weighted by molar-refractivity contribution is 8.00. The van der Waals surface area contributed by atoms with Crippen molar-refractivity contribution in [1.29, 1.82) is 0 Å². The first kappa shape index (κ1) is 28.8. The minimum absolute atomic E-state index is 0.362. The molecule has 5 rings (SSSR count). The summed E-state index contributed by atoms with van der Waals surface area (Å²) in [4.78, 5) is 42.9. The van der Waals surface area contributed by atoms with E-state index in [2.05, 4.69) is 54.4 Å². The first-order chi connectivity index (χ1) is 19.3. The number of carboxylic acids is 2. The van der Waals surface area contributed by atoms with Crippen LogP contribution >= 0.6 is 11.8 Å². The van der Waals surface area contributed by atoms with E-state index in [9.17, 15) is 24.6 Å². The molecule has 1 spiro atoms. The molecule has 0 saturated heterocycles. The first-order valence-corrected chi connectivity index (χ1v) is 17.4. The fraction of sp³-hybridized carbons (Fsp3) is 0.323. The second-order valence-corrected chi connectivity index (χ2v) is 17.2. The van der Waals surface area contributed by atoms with Gasteiger partial charge in [0.25, 0.3) is 5.91 Å². The van der Waals surface area contributed by atoms with Crippen LogP contribution in [0, 0.1) is 0 Å². The van der Waals surface area contributed by atoms with Gasteiger partial charge in [-0.2, -0.15) is 0 Å². The van der Waals surface area contributed by atoms with Gasteiger partial charge in [-0.1, -0.05) is 43.4 Å². The molecule has 2 heterocycles. The van der Waals surface area contributed by atoms with Crippen LogP contribution in [0.2, 0.25) is 13.1 Å². The van der Waals surface area contributed by atoms with Gasteiger partial charge in [-0.25, -0.2) is 0 Å². The van der Waals surface area contributed by atoms with Crippen LogP contribution in [-0.2, 0) is 20.1 Å². The lowest BCUT2D eigenvalue weighted by Crippen LogP contribution is -2.63. The molecule has 2 N–H and O–H groups in total. The van der Waals surface area contributed by atoms with Crippen molar-refractivity contribution in [3.8, 4) is 0 Å². The summed E-state index contributed by atoms with van der Waals surface area (Å²) < 4.78 is -0.706. The summed E-state index contributed by atoms with van der Waals surface area (Å²) in [6, 6.07) is 18.9. The summed E-state index contributed by atoms with van der Waals surface area (Å²) in [7, 11) is 5.43. The van der Waals surface area contributed by atoms with E-state index in [4.69, 9.17) is 0 Å². The Bertz CT molecular complexity index is 1570. The van der Waals surface area contributed by atoms with Crippen molar-refractivity contribution in [3.63, 3.8) is 0 Å². The highest BCUT2D eigenvalue weighted by atomic mass is 32.2. The first-order valence-electron chi connectivity index (χ1n) is 13.4. The number of benzene rings is 3. The molecule has 3 aromatic carbocycles. The fourth-order valence-corrected chi connectivity index (χ4v) is 11.3. The van der Waals surface area contributed by atoms with E-state index in [0.29, 0.717) is 5.56 Å². The van der Waals surface area contributed by atoms with E-state index in [-0.39, 0.29) is 0 Å². The topological polar surface area (TPSA) is 101 Å². The lowest BCUT2D eigenvalue weighted by molar-refractivity contribution is -0.140. The minimum atomic E-state index is -2.45. The Morgan fingerprint density at radius 1 is 0.829 bits per heavy atom. The molecule has 1 amide bonds. The number of amides is 1. The number of carbonyl (C=O) groups excluding carboxylic acids is 1. The van der Waals surface area contributed by atoms with Crippen LogP contribution < -0.4 is 20.2 Å². The summed E-state index contributed by atoms with van der Waals surface area (Å²) in [5.41, 5.74) is 6.60. The van der Waals surface area contributed by atoms with Gasteiger partial charge in [0.1, 0.15) is 21.2 Å². The van der Waals surface area contributed by atoms with Gasteiger partial charge < -0.3 is 24.9 Å². The van der Waals surface area contributed by atoms with Crippen LogP contribution in [-0.4, -0.2) is 82.3 Å². The summed E-state index contributed by atoms with van der Waals surface area (Å²) in [5, 5.41) is 21.6. The molecule has 1 atom stereocenters. The molecule has 8 nitrogen and oxygen atoms in total. The van der Waals surface area contributed by atoms with Crippen LogP contribution in [0.15, 0.2) is 54.6 Å².